The SMILES string of the molecule is CCOc1cccc(OC2CCCC2N)c1. The topological polar surface area (TPSA) is 44.5 Å². The van der Waals surface area contributed by atoms with Crippen molar-refractivity contribution in [2.45, 2.75) is 38.3 Å². The molecule has 3 heteroatoms. The molecule has 16 heavy (non-hydrogen) atoms. The zero-order valence-electron chi connectivity index (χ0n) is 9.69. The molecular formula is C13H19NO2. The average Bonchev–Trinajstić information content (AvgIpc) is 2.66. The summed E-state index contributed by atoms with van der Waals surface area (Å²) in [6, 6.07) is 7.93. The first-order valence-corrected chi connectivity index (χ1v) is 5.94. The van der Waals surface area contributed by atoms with Gasteiger partial charge in [-0.05, 0) is 38.3 Å². The Balaban J connectivity index is 2.00. The van der Waals surface area contributed by atoms with Crippen LogP contribution in [0, 0.1) is 0 Å². The van der Waals surface area contributed by atoms with E-state index in [9.17, 15) is 0 Å². The molecule has 88 valence electrons. The van der Waals surface area contributed by atoms with Crippen LogP contribution in [-0.2, 0) is 0 Å². The van der Waals surface area contributed by atoms with Gasteiger partial charge in [0.25, 0.3) is 0 Å². The Morgan fingerprint density at radius 1 is 1.31 bits per heavy atom. The molecule has 0 bridgehead atoms. The molecule has 1 aliphatic rings. The van der Waals surface area contributed by atoms with E-state index in [1.54, 1.807) is 0 Å². The van der Waals surface area contributed by atoms with E-state index in [4.69, 9.17) is 15.2 Å². The zero-order valence-corrected chi connectivity index (χ0v) is 9.69. The maximum Gasteiger partial charge on any atom is 0.123 e. The highest BCUT2D eigenvalue weighted by molar-refractivity contribution is 5.33. The lowest BCUT2D eigenvalue weighted by Gasteiger charge is -2.18. The molecular weight excluding hydrogens is 202 g/mol. The fourth-order valence-electron chi connectivity index (χ4n) is 2.08. The minimum absolute atomic E-state index is 0.164. The van der Waals surface area contributed by atoms with Gasteiger partial charge >= 0.3 is 0 Å². The van der Waals surface area contributed by atoms with Crippen molar-refractivity contribution in [2.75, 3.05) is 6.61 Å². The molecule has 0 aromatic heterocycles. The van der Waals surface area contributed by atoms with Gasteiger partial charge in [-0.1, -0.05) is 6.07 Å². The molecule has 1 aliphatic carbocycles. The molecule has 2 atom stereocenters. The first-order valence-electron chi connectivity index (χ1n) is 5.94. The summed E-state index contributed by atoms with van der Waals surface area (Å²) in [5.41, 5.74) is 5.97. The van der Waals surface area contributed by atoms with E-state index >= 15 is 0 Å². The lowest BCUT2D eigenvalue weighted by Crippen LogP contribution is -2.33. The molecule has 3 nitrogen and oxygen atoms in total. The summed E-state index contributed by atoms with van der Waals surface area (Å²) in [7, 11) is 0. The molecule has 0 heterocycles. The van der Waals surface area contributed by atoms with Gasteiger partial charge in [0.15, 0.2) is 0 Å². The number of rotatable bonds is 4. The summed E-state index contributed by atoms with van der Waals surface area (Å²) in [5, 5.41) is 0. The van der Waals surface area contributed by atoms with E-state index in [-0.39, 0.29) is 12.1 Å². The van der Waals surface area contributed by atoms with Crippen LogP contribution >= 0.6 is 0 Å². The molecule has 1 fully saturated rings. The van der Waals surface area contributed by atoms with Gasteiger partial charge in [0.2, 0.25) is 0 Å². The second kappa shape index (κ2) is 5.21. The summed E-state index contributed by atoms with van der Waals surface area (Å²) in [6.07, 6.45) is 3.45. The predicted molar refractivity (Wildman–Crippen MR) is 63.9 cm³/mol. The van der Waals surface area contributed by atoms with Gasteiger partial charge in [0.1, 0.15) is 17.6 Å². The molecule has 0 aliphatic heterocycles. The summed E-state index contributed by atoms with van der Waals surface area (Å²) in [6.45, 7) is 2.65. The van der Waals surface area contributed by atoms with Crippen LogP contribution in [0.25, 0.3) is 0 Å². The van der Waals surface area contributed by atoms with E-state index in [1.165, 1.54) is 0 Å². The number of hydrogen-bond donors (Lipinski definition) is 1. The quantitative estimate of drug-likeness (QED) is 0.848. The highest BCUT2D eigenvalue weighted by Crippen LogP contribution is 2.26. The largest absolute Gasteiger partial charge is 0.494 e. The number of nitrogens with two attached hydrogens (primary N) is 1. The Morgan fingerprint density at radius 3 is 2.81 bits per heavy atom. The van der Waals surface area contributed by atoms with Crippen molar-refractivity contribution < 1.29 is 9.47 Å². The van der Waals surface area contributed by atoms with Crippen LogP contribution < -0.4 is 15.2 Å². The molecule has 0 saturated heterocycles. The Bertz CT molecular complexity index is 340. The zero-order chi connectivity index (χ0) is 11.4. The van der Waals surface area contributed by atoms with Crippen molar-refractivity contribution in [1.29, 1.82) is 0 Å². The van der Waals surface area contributed by atoms with Gasteiger partial charge in [-0.15, -0.1) is 0 Å². The van der Waals surface area contributed by atoms with Crippen LogP contribution in [0.1, 0.15) is 26.2 Å². The Morgan fingerprint density at radius 2 is 2.12 bits per heavy atom. The van der Waals surface area contributed by atoms with Crippen LogP contribution in [0.2, 0.25) is 0 Å². The smallest absolute Gasteiger partial charge is 0.123 e. The number of benzene rings is 1. The lowest BCUT2D eigenvalue weighted by molar-refractivity contribution is 0.190. The van der Waals surface area contributed by atoms with Crippen LogP contribution in [-0.4, -0.2) is 18.8 Å². The van der Waals surface area contributed by atoms with E-state index in [2.05, 4.69) is 0 Å². The maximum atomic E-state index is 5.97. The second-order valence-corrected chi connectivity index (χ2v) is 4.16. The van der Waals surface area contributed by atoms with Gasteiger partial charge in [-0.2, -0.15) is 0 Å². The summed E-state index contributed by atoms with van der Waals surface area (Å²) in [4.78, 5) is 0. The Hall–Kier alpha value is -1.22. The van der Waals surface area contributed by atoms with Crippen molar-refractivity contribution >= 4 is 0 Å². The average molecular weight is 221 g/mol. The van der Waals surface area contributed by atoms with Crippen molar-refractivity contribution in [1.82, 2.24) is 0 Å². The Labute approximate surface area is 96.5 Å². The fourth-order valence-corrected chi connectivity index (χ4v) is 2.08. The van der Waals surface area contributed by atoms with E-state index < -0.39 is 0 Å². The van der Waals surface area contributed by atoms with Gasteiger partial charge in [0.05, 0.1) is 6.61 Å². The highest BCUT2D eigenvalue weighted by atomic mass is 16.5. The third-order valence-electron chi connectivity index (χ3n) is 2.91. The van der Waals surface area contributed by atoms with Crippen molar-refractivity contribution in [3.8, 4) is 11.5 Å². The first-order chi connectivity index (χ1) is 7.79. The summed E-state index contributed by atoms with van der Waals surface area (Å²) >= 11 is 0. The third-order valence-corrected chi connectivity index (χ3v) is 2.91. The number of hydrogen-bond acceptors (Lipinski definition) is 3. The van der Waals surface area contributed by atoms with Crippen molar-refractivity contribution in [3.63, 3.8) is 0 Å². The minimum atomic E-state index is 0.164. The Kier molecular flexibility index (Phi) is 3.67. The molecule has 1 saturated carbocycles. The van der Waals surface area contributed by atoms with Crippen LogP contribution in [0.5, 0.6) is 11.5 Å². The molecule has 2 rings (SSSR count). The standard InChI is InChI=1S/C13H19NO2/c1-2-15-10-5-3-6-11(9-10)16-13-8-4-7-12(13)14/h3,5-6,9,12-13H,2,4,7-8,14H2,1H3. The first kappa shape index (κ1) is 11.3. The monoisotopic (exact) mass is 221 g/mol. The third kappa shape index (κ3) is 2.67. The van der Waals surface area contributed by atoms with Gasteiger partial charge in [-0.25, -0.2) is 0 Å². The second-order valence-electron chi connectivity index (χ2n) is 4.16. The van der Waals surface area contributed by atoms with E-state index in [0.717, 1.165) is 30.8 Å². The molecule has 2 N–H and O–H groups in total. The molecule has 1 aromatic carbocycles. The maximum absolute atomic E-state index is 5.97. The van der Waals surface area contributed by atoms with Gasteiger partial charge in [-0.3, -0.25) is 0 Å². The molecule has 2 unspecified atom stereocenters. The molecule has 0 spiro atoms. The van der Waals surface area contributed by atoms with Crippen LogP contribution in [0.4, 0.5) is 0 Å². The van der Waals surface area contributed by atoms with E-state index in [1.807, 2.05) is 31.2 Å². The summed E-state index contributed by atoms with van der Waals surface area (Å²) in [5.74, 6) is 1.71. The molecule has 0 radical (unpaired) electrons. The van der Waals surface area contributed by atoms with E-state index in [0.29, 0.717) is 6.61 Å². The predicted octanol–water partition coefficient (Wildman–Crippen LogP) is 2.34. The van der Waals surface area contributed by atoms with Gasteiger partial charge in [0, 0.05) is 12.1 Å². The highest BCUT2D eigenvalue weighted by Gasteiger charge is 2.25. The van der Waals surface area contributed by atoms with Crippen molar-refractivity contribution in [2.24, 2.45) is 5.73 Å². The number of ether oxygens (including phenoxy) is 2. The fraction of sp³-hybridized carbons (Fsp3) is 0.538. The molecule has 0 amide bonds. The lowest BCUT2D eigenvalue weighted by atomic mass is 10.2. The van der Waals surface area contributed by atoms with Crippen LogP contribution in [0.3, 0.4) is 0 Å². The summed E-state index contributed by atoms with van der Waals surface area (Å²) < 4.78 is 11.3. The van der Waals surface area contributed by atoms with Gasteiger partial charge < -0.3 is 15.2 Å². The van der Waals surface area contributed by atoms with Crippen molar-refractivity contribution in [3.05, 3.63) is 24.3 Å². The molecule has 1 aromatic rings. The normalized spacial score (nSPS) is 24.4. The minimum Gasteiger partial charge on any atom is -0.494 e. The van der Waals surface area contributed by atoms with Crippen LogP contribution in [0.15, 0.2) is 24.3 Å².